The second kappa shape index (κ2) is 9.77. The van der Waals surface area contributed by atoms with Crippen molar-refractivity contribution < 1.29 is 14.3 Å². The Morgan fingerprint density at radius 3 is 2.27 bits per heavy atom. The maximum absolute atomic E-state index is 12.2. The van der Waals surface area contributed by atoms with Crippen molar-refractivity contribution in [1.82, 2.24) is 10.6 Å². The summed E-state index contributed by atoms with van der Waals surface area (Å²) in [6.07, 6.45) is 8.66. The Kier molecular flexibility index (Phi) is 7.35. The first-order valence-electron chi connectivity index (χ1n) is 12.7. The molecule has 4 aliphatic carbocycles. The molecular formula is C27H41BrN2O3. The van der Waals surface area contributed by atoms with Gasteiger partial charge in [-0.1, -0.05) is 0 Å². The number of rotatable bonds is 9. The Hall–Kier alpha value is -1.27. The average Bonchev–Trinajstić information content (AvgIpc) is 2.69. The molecule has 4 fully saturated rings. The number of halogens is 1. The maximum Gasteiger partial charge on any atom is 0.258 e. The van der Waals surface area contributed by atoms with Gasteiger partial charge in [0.15, 0.2) is 18.1 Å². The first-order chi connectivity index (χ1) is 15.6. The van der Waals surface area contributed by atoms with Gasteiger partial charge in [0.2, 0.25) is 0 Å². The smallest absolute Gasteiger partial charge is 0.258 e. The van der Waals surface area contributed by atoms with Gasteiger partial charge < -0.3 is 20.1 Å². The molecule has 5 nitrogen and oxygen atoms in total. The van der Waals surface area contributed by atoms with Gasteiger partial charge in [-0.2, -0.15) is 0 Å². The fraction of sp³-hybridized carbons (Fsp3) is 0.741. The first-order valence-corrected chi connectivity index (χ1v) is 13.5. The van der Waals surface area contributed by atoms with E-state index in [9.17, 15) is 4.79 Å². The van der Waals surface area contributed by atoms with Crippen molar-refractivity contribution in [2.24, 2.45) is 23.2 Å². The number of hydrogen-bond acceptors (Lipinski definition) is 4. The first kappa shape index (κ1) is 24.8. The molecule has 0 heterocycles. The van der Waals surface area contributed by atoms with Crippen molar-refractivity contribution in [2.45, 2.75) is 91.3 Å². The molecule has 4 aliphatic rings. The van der Waals surface area contributed by atoms with Gasteiger partial charge in [-0.15, -0.1) is 0 Å². The molecule has 0 radical (unpaired) electrons. The van der Waals surface area contributed by atoms with Gasteiger partial charge in [-0.25, -0.2) is 0 Å². The van der Waals surface area contributed by atoms with Gasteiger partial charge in [0, 0.05) is 18.1 Å². The van der Waals surface area contributed by atoms with Crippen LogP contribution in [0.25, 0.3) is 0 Å². The van der Waals surface area contributed by atoms with E-state index in [-0.39, 0.29) is 18.1 Å². The zero-order valence-corrected chi connectivity index (χ0v) is 22.5. The third-order valence-electron chi connectivity index (χ3n) is 7.85. The highest BCUT2D eigenvalue weighted by Crippen LogP contribution is 2.61. The van der Waals surface area contributed by atoms with Gasteiger partial charge >= 0.3 is 0 Å². The highest BCUT2D eigenvalue weighted by Gasteiger charge is 2.52. The standard InChI is InChI=1S/C27H41BrN2O3/c1-6-32-23-11-21(10-22(28)25(23)33-16-24(31)30-26(3,4)5)15-29-17(2)27-12-18-7-19(13-27)9-20(8-18)14-27/h10-11,17-20,29H,6-9,12-16H2,1-5H3,(H,30,31). The topological polar surface area (TPSA) is 59.6 Å². The normalized spacial score (nSPS) is 29.1. The molecule has 0 aromatic heterocycles. The van der Waals surface area contributed by atoms with E-state index in [1.54, 1.807) is 0 Å². The van der Waals surface area contributed by atoms with E-state index in [4.69, 9.17) is 9.47 Å². The van der Waals surface area contributed by atoms with Gasteiger partial charge in [0.25, 0.3) is 5.91 Å². The molecule has 2 N–H and O–H groups in total. The minimum absolute atomic E-state index is 0.0450. The van der Waals surface area contributed by atoms with Crippen molar-refractivity contribution >= 4 is 21.8 Å². The third-order valence-corrected chi connectivity index (χ3v) is 8.44. The number of carbonyl (C=O) groups is 1. The van der Waals surface area contributed by atoms with Crippen molar-refractivity contribution in [3.05, 3.63) is 22.2 Å². The van der Waals surface area contributed by atoms with Gasteiger partial charge in [-0.05, 0) is 130 Å². The van der Waals surface area contributed by atoms with Crippen LogP contribution in [0.15, 0.2) is 16.6 Å². The SMILES string of the molecule is CCOc1cc(CNC(C)C23CC4CC(CC(C4)C2)C3)cc(Br)c1OCC(=O)NC(C)(C)C. The van der Waals surface area contributed by atoms with Crippen LogP contribution in [0.5, 0.6) is 11.5 Å². The molecule has 0 aliphatic heterocycles. The Bertz CT molecular complexity index is 828. The van der Waals surface area contributed by atoms with E-state index < -0.39 is 0 Å². The summed E-state index contributed by atoms with van der Waals surface area (Å²) in [6.45, 7) is 11.5. The summed E-state index contributed by atoms with van der Waals surface area (Å²) in [5, 5.41) is 6.80. The second-order valence-electron chi connectivity index (χ2n) is 11.8. The number of nitrogens with one attached hydrogen (secondary N) is 2. The lowest BCUT2D eigenvalue weighted by Crippen LogP contribution is -2.54. The molecule has 1 amide bonds. The van der Waals surface area contributed by atoms with Gasteiger partial charge in [-0.3, -0.25) is 4.79 Å². The molecule has 4 bridgehead atoms. The van der Waals surface area contributed by atoms with Crippen LogP contribution in [0, 0.1) is 23.2 Å². The summed E-state index contributed by atoms with van der Waals surface area (Å²) >= 11 is 3.65. The van der Waals surface area contributed by atoms with Crippen LogP contribution in [0.1, 0.15) is 78.7 Å². The number of amides is 1. The predicted molar refractivity (Wildman–Crippen MR) is 136 cm³/mol. The number of hydrogen-bond donors (Lipinski definition) is 2. The summed E-state index contributed by atoms with van der Waals surface area (Å²) < 4.78 is 12.6. The van der Waals surface area contributed by atoms with E-state index >= 15 is 0 Å². The lowest BCUT2D eigenvalue weighted by molar-refractivity contribution is -0.124. The van der Waals surface area contributed by atoms with E-state index in [0.29, 0.717) is 29.6 Å². The van der Waals surface area contributed by atoms with E-state index in [2.05, 4.69) is 39.6 Å². The second-order valence-corrected chi connectivity index (χ2v) is 12.7. The van der Waals surface area contributed by atoms with E-state index in [1.807, 2.05) is 33.8 Å². The Balaban J connectivity index is 1.40. The Morgan fingerprint density at radius 1 is 1.12 bits per heavy atom. The highest BCUT2D eigenvalue weighted by atomic mass is 79.9. The molecule has 6 heteroatoms. The fourth-order valence-corrected chi connectivity index (χ4v) is 7.52. The van der Waals surface area contributed by atoms with Crippen LogP contribution >= 0.6 is 15.9 Å². The minimum atomic E-state index is -0.288. The van der Waals surface area contributed by atoms with Crippen LogP contribution < -0.4 is 20.1 Å². The van der Waals surface area contributed by atoms with E-state index in [1.165, 1.54) is 38.5 Å². The summed E-state index contributed by atoms with van der Waals surface area (Å²) in [5.41, 5.74) is 1.36. The molecule has 0 spiro atoms. The summed E-state index contributed by atoms with van der Waals surface area (Å²) in [6, 6.07) is 4.64. The largest absolute Gasteiger partial charge is 0.490 e. The molecule has 1 unspecified atom stereocenters. The summed E-state index contributed by atoms with van der Waals surface area (Å²) in [4.78, 5) is 12.2. The van der Waals surface area contributed by atoms with Crippen LogP contribution in [-0.4, -0.2) is 30.7 Å². The minimum Gasteiger partial charge on any atom is -0.490 e. The van der Waals surface area contributed by atoms with Crippen LogP contribution in [0.3, 0.4) is 0 Å². The van der Waals surface area contributed by atoms with Crippen LogP contribution in [0.2, 0.25) is 0 Å². The summed E-state index contributed by atoms with van der Waals surface area (Å²) in [7, 11) is 0. The van der Waals surface area contributed by atoms with Crippen LogP contribution in [-0.2, 0) is 11.3 Å². The molecule has 1 aromatic rings. The lowest BCUT2D eigenvalue weighted by Gasteiger charge is -2.59. The molecule has 184 valence electrons. The molecule has 33 heavy (non-hydrogen) atoms. The van der Waals surface area contributed by atoms with Gasteiger partial charge in [0.05, 0.1) is 11.1 Å². The molecular weight excluding hydrogens is 480 g/mol. The van der Waals surface area contributed by atoms with Crippen molar-refractivity contribution in [1.29, 1.82) is 0 Å². The van der Waals surface area contributed by atoms with Crippen molar-refractivity contribution in [3.8, 4) is 11.5 Å². The number of benzene rings is 1. The maximum atomic E-state index is 12.2. The average molecular weight is 522 g/mol. The number of carbonyl (C=O) groups excluding carboxylic acids is 1. The summed E-state index contributed by atoms with van der Waals surface area (Å²) in [5.74, 6) is 4.00. The Morgan fingerprint density at radius 2 is 1.73 bits per heavy atom. The van der Waals surface area contributed by atoms with E-state index in [0.717, 1.165) is 34.3 Å². The molecule has 1 aromatic carbocycles. The quantitative estimate of drug-likeness (QED) is 0.429. The van der Waals surface area contributed by atoms with Crippen molar-refractivity contribution in [3.63, 3.8) is 0 Å². The van der Waals surface area contributed by atoms with Gasteiger partial charge in [0.1, 0.15) is 0 Å². The molecule has 4 saturated carbocycles. The molecule has 1 atom stereocenters. The highest BCUT2D eigenvalue weighted by molar-refractivity contribution is 9.10. The zero-order chi connectivity index (χ0) is 23.8. The lowest BCUT2D eigenvalue weighted by atomic mass is 9.48. The Labute approximate surface area is 207 Å². The third kappa shape index (κ3) is 5.87. The fourth-order valence-electron chi connectivity index (χ4n) is 6.91. The van der Waals surface area contributed by atoms with Crippen molar-refractivity contribution in [2.75, 3.05) is 13.2 Å². The zero-order valence-electron chi connectivity index (χ0n) is 20.9. The predicted octanol–water partition coefficient (Wildman–Crippen LogP) is 5.84. The number of ether oxygens (including phenoxy) is 2. The van der Waals surface area contributed by atoms with Crippen LogP contribution in [0.4, 0.5) is 0 Å². The molecule has 5 rings (SSSR count). The monoisotopic (exact) mass is 520 g/mol. The molecule has 0 saturated heterocycles.